The SMILES string of the molecule is c1ccc(-c2ccc(CC(c3ccc4c5ccccc5n(-c5c6ccccc6c(-c6cccc7c6-c6ccccc6C7(c6ccccc6)c6ccccc6)c6ccccc56)c4c3)c3ccccc3-c3ccccc3)cc2)cc1. The van der Waals surface area contributed by atoms with Gasteiger partial charge in [-0.25, -0.2) is 0 Å². The zero-order chi connectivity index (χ0) is 51.6. The summed E-state index contributed by atoms with van der Waals surface area (Å²) < 4.78 is 2.60. The minimum Gasteiger partial charge on any atom is -0.308 e. The molecule has 1 atom stereocenters. The summed E-state index contributed by atoms with van der Waals surface area (Å²) in [5.41, 5.74) is 22.1. The number of hydrogen-bond acceptors (Lipinski definition) is 0. The fraction of sp³-hybridized carbons (Fsp3) is 0.0390. The Morgan fingerprint density at radius 2 is 0.795 bits per heavy atom. The van der Waals surface area contributed by atoms with Gasteiger partial charge < -0.3 is 4.57 Å². The molecule has 1 heterocycles. The van der Waals surface area contributed by atoms with E-state index in [9.17, 15) is 0 Å². The summed E-state index contributed by atoms with van der Waals surface area (Å²) in [5.74, 6) is 0.0534. The lowest BCUT2D eigenvalue weighted by molar-refractivity contribution is 0.768. The first-order chi connectivity index (χ1) is 38.7. The molecule has 0 radical (unpaired) electrons. The van der Waals surface area contributed by atoms with Crippen molar-refractivity contribution in [3.63, 3.8) is 0 Å². The number of para-hydroxylation sites is 1. The lowest BCUT2D eigenvalue weighted by atomic mass is 9.67. The van der Waals surface area contributed by atoms with Gasteiger partial charge in [-0.1, -0.05) is 291 Å². The number of fused-ring (bicyclic) bond motifs is 8. The second kappa shape index (κ2) is 18.8. The predicted molar refractivity (Wildman–Crippen MR) is 328 cm³/mol. The molecule has 0 spiro atoms. The number of nitrogens with zero attached hydrogens (tertiary/aromatic N) is 1. The van der Waals surface area contributed by atoms with Crippen LogP contribution in [0.2, 0.25) is 0 Å². The largest absolute Gasteiger partial charge is 0.308 e. The summed E-state index contributed by atoms with van der Waals surface area (Å²) in [6, 6.07) is 113. The van der Waals surface area contributed by atoms with Gasteiger partial charge in [-0.3, -0.25) is 0 Å². The Hall–Kier alpha value is -9.82. The van der Waals surface area contributed by atoms with Crippen LogP contribution in [0.3, 0.4) is 0 Å². The molecule has 1 heteroatoms. The van der Waals surface area contributed by atoms with E-state index in [2.05, 4.69) is 308 Å². The molecule has 1 aliphatic carbocycles. The molecule has 366 valence electrons. The molecule has 14 aromatic rings. The van der Waals surface area contributed by atoms with Gasteiger partial charge in [0.15, 0.2) is 0 Å². The van der Waals surface area contributed by atoms with Crippen molar-refractivity contribution in [1.29, 1.82) is 0 Å². The Kier molecular flexibility index (Phi) is 11.0. The minimum atomic E-state index is -0.512. The number of aromatic nitrogens is 1. The summed E-state index contributed by atoms with van der Waals surface area (Å²) in [6.07, 6.45) is 0.839. The third kappa shape index (κ3) is 7.16. The summed E-state index contributed by atoms with van der Waals surface area (Å²) in [5, 5.41) is 7.36. The van der Waals surface area contributed by atoms with Crippen LogP contribution in [-0.2, 0) is 11.8 Å². The Morgan fingerprint density at radius 3 is 1.46 bits per heavy atom. The Balaban J connectivity index is 0.974. The van der Waals surface area contributed by atoms with E-state index >= 15 is 0 Å². The minimum absolute atomic E-state index is 0.0534. The molecule has 0 saturated heterocycles. The van der Waals surface area contributed by atoms with E-state index < -0.39 is 5.41 Å². The molecule has 15 rings (SSSR count). The van der Waals surface area contributed by atoms with Crippen molar-refractivity contribution in [2.45, 2.75) is 17.8 Å². The topological polar surface area (TPSA) is 4.93 Å². The second-order valence-electron chi connectivity index (χ2n) is 21.0. The molecule has 0 fully saturated rings. The van der Waals surface area contributed by atoms with Gasteiger partial charge in [-0.2, -0.15) is 0 Å². The number of benzene rings is 13. The normalized spacial score (nSPS) is 13.0. The van der Waals surface area contributed by atoms with Gasteiger partial charge in [-0.15, -0.1) is 0 Å². The van der Waals surface area contributed by atoms with Crippen LogP contribution in [0.25, 0.3) is 93.5 Å². The van der Waals surface area contributed by atoms with Crippen molar-refractivity contribution in [1.82, 2.24) is 4.57 Å². The lowest BCUT2D eigenvalue weighted by Crippen LogP contribution is -2.28. The van der Waals surface area contributed by atoms with Crippen molar-refractivity contribution in [2.75, 3.05) is 0 Å². The summed E-state index contributed by atoms with van der Waals surface area (Å²) >= 11 is 0. The highest BCUT2D eigenvalue weighted by molar-refractivity contribution is 6.22. The molecular weight excluding hydrogens is 939 g/mol. The van der Waals surface area contributed by atoms with E-state index in [1.807, 2.05) is 0 Å². The maximum atomic E-state index is 2.60. The molecule has 1 nitrogen and oxygen atoms in total. The van der Waals surface area contributed by atoms with Gasteiger partial charge in [0.1, 0.15) is 0 Å². The standard InChI is InChI=1S/C77H53N/c1-5-24-53(25-6-1)54-46-44-52(45-47-54)50-69(60-33-14-13-32-59(60)55-26-7-2-8-27-55)56-48-49-62-61-34-20-22-43-72(61)78(73(62)51-56)76-65-37-17-15-35-63(65)74(64-36-16-18-38-66(64)76)68-40-23-42-71-75(68)67-39-19-21-41-70(67)77(71,57-28-9-3-10-29-57)58-30-11-4-12-31-58/h1-49,51,69H,50H2. The van der Waals surface area contributed by atoms with Gasteiger partial charge >= 0.3 is 0 Å². The smallest absolute Gasteiger partial charge is 0.0713 e. The highest BCUT2D eigenvalue weighted by atomic mass is 15.0. The molecular formula is C77H53N. The fourth-order valence-corrected chi connectivity index (χ4v) is 13.6. The van der Waals surface area contributed by atoms with Gasteiger partial charge in [0.2, 0.25) is 0 Å². The maximum Gasteiger partial charge on any atom is 0.0713 e. The van der Waals surface area contributed by atoms with E-state index in [0.717, 1.165) is 6.42 Å². The molecule has 1 aromatic heterocycles. The Labute approximate surface area is 455 Å². The van der Waals surface area contributed by atoms with Gasteiger partial charge in [0, 0.05) is 27.5 Å². The van der Waals surface area contributed by atoms with Crippen LogP contribution < -0.4 is 0 Å². The third-order valence-corrected chi connectivity index (χ3v) is 16.9. The zero-order valence-corrected chi connectivity index (χ0v) is 43.1. The molecule has 0 N–H and O–H groups in total. The summed E-state index contributed by atoms with van der Waals surface area (Å²) in [7, 11) is 0. The monoisotopic (exact) mass is 991 g/mol. The molecule has 0 aliphatic heterocycles. The molecule has 78 heavy (non-hydrogen) atoms. The van der Waals surface area contributed by atoms with Crippen molar-refractivity contribution in [3.05, 3.63) is 342 Å². The maximum absolute atomic E-state index is 2.60. The van der Waals surface area contributed by atoms with Crippen LogP contribution in [0.4, 0.5) is 0 Å². The van der Waals surface area contributed by atoms with Crippen LogP contribution in [-0.4, -0.2) is 4.57 Å². The number of rotatable bonds is 10. The average molecular weight is 992 g/mol. The quantitative estimate of drug-likeness (QED) is 0.120. The molecule has 0 bridgehead atoms. The first kappa shape index (κ1) is 45.6. The molecule has 0 amide bonds. The van der Waals surface area contributed by atoms with Gasteiger partial charge in [-0.05, 0) is 113 Å². The van der Waals surface area contributed by atoms with Crippen molar-refractivity contribution >= 4 is 43.4 Å². The lowest BCUT2D eigenvalue weighted by Gasteiger charge is -2.34. The average Bonchev–Trinajstić information content (AvgIpc) is 4.09. The predicted octanol–water partition coefficient (Wildman–Crippen LogP) is 19.8. The molecule has 1 aliphatic rings. The zero-order valence-electron chi connectivity index (χ0n) is 43.1. The van der Waals surface area contributed by atoms with E-state index in [4.69, 9.17) is 0 Å². The molecule has 1 unspecified atom stereocenters. The fourth-order valence-electron chi connectivity index (χ4n) is 13.6. The Morgan fingerprint density at radius 1 is 0.308 bits per heavy atom. The Bertz CT molecular complexity index is 4460. The van der Waals surface area contributed by atoms with E-state index in [1.54, 1.807) is 0 Å². The van der Waals surface area contributed by atoms with Gasteiger partial charge in [0.25, 0.3) is 0 Å². The van der Waals surface area contributed by atoms with E-state index in [-0.39, 0.29) is 5.92 Å². The summed E-state index contributed by atoms with van der Waals surface area (Å²) in [6.45, 7) is 0. The van der Waals surface area contributed by atoms with Gasteiger partial charge in [0.05, 0.1) is 22.1 Å². The van der Waals surface area contributed by atoms with Crippen LogP contribution in [0.1, 0.15) is 44.9 Å². The number of hydrogen-bond donors (Lipinski definition) is 0. The van der Waals surface area contributed by atoms with Crippen molar-refractivity contribution in [2.24, 2.45) is 0 Å². The van der Waals surface area contributed by atoms with Crippen LogP contribution >= 0.6 is 0 Å². The highest BCUT2D eigenvalue weighted by Gasteiger charge is 2.47. The summed E-state index contributed by atoms with van der Waals surface area (Å²) in [4.78, 5) is 0. The van der Waals surface area contributed by atoms with Crippen LogP contribution in [0.5, 0.6) is 0 Å². The highest BCUT2D eigenvalue weighted by Crippen LogP contribution is 2.59. The van der Waals surface area contributed by atoms with Crippen molar-refractivity contribution in [3.8, 4) is 50.2 Å². The van der Waals surface area contributed by atoms with Crippen LogP contribution in [0, 0.1) is 0 Å². The first-order valence-corrected chi connectivity index (χ1v) is 27.3. The second-order valence-corrected chi connectivity index (χ2v) is 21.0. The molecule has 0 saturated carbocycles. The van der Waals surface area contributed by atoms with E-state index in [1.165, 1.54) is 132 Å². The third-order valence-electron chi connectivity index (χ3n) is 16.9. The van der Waals surface area contributed by atoms with Crippen molar-refractivity contribution < 1.29 is 0 Å². The van der Waals surface area contributed by atoms with Crippen LogP contribution in [0.15, 0.2) is 303 Å². The van der Waals surface area contributed by atoms with E-state index in [0.29, 0.717) is 0 Å². The first-order valence-electron chi connectivity index (χ1n) is 27.3. The molecule has 13 aromatic carbocycles.